The molecule has 0 aromatic heterocycles. The van der Waals surface area contributed by atoms with Crippen LogP contribution in [0.2, 0.25) is 0 Å². The molecule has 0 fully saturated rings. The third-order valence-electron chi connectivity index (χ3n) is 4.58. The van der Waals surface area contributed by atoms with Gasteiger partial charge in [0.1, 0.15) is 0 Å². The lowest BCUT2D eigenvalue weighted by atomic mass is 10.00. The molecule has 0 bridgehead atoms. The molecule has 2 nitrogen and oxygen atoms in total. The van der Waals surface area contributed by atoms with Gasteiger partial charge in [-0.05, 0) is 61.6 Å². The van der Waals surface area contributed by atoms with Crippen LogP contribution in [0.5, 0.6) is 0 Å². The van der Waals surface area contributed by atoms with Crippen LogP contribution in [0.15, 0.2) is 47.4 Å². The van der Waals surface area contributed by atoms with Gasteiger partial charge in [-0.2, -0.15) is 0 Å². The number of thioether (sulfide) groups is 1. The SMILES string of the molecule is Cc1ccc(S[C@@H](C)C(=O)N2CCc3ccccc3C2)cc1C. The molecule has 1 amide bonds. The van der Waals surface area contributed by atoms with Gasteiger partial charge in [0.2, 0.25) is 5.91 Å². The van der Waals surface area contributed by atoms with E-state index < -0.39 is 0 Å². The summed E-state index contributed by atoms with van der Waals surface area (Å²) in [4.78, 5) is 15.9. The van der Waals surface area contributed by atoms with Crippen molar-refractivity contribution in [3.05, 3.63) is 64.7 Å². The summed E-state index contributed by atoms with van der Waals surface area (Å²) in [5.74, 6) is 0.239. The quantitative estimate of drug-likeness (QED) is 0.781. The van der Waals surface area contributed by atoms with E-state index in [0.717, 1.165) is 19.5 Å². The van der Waals surface area contributed by atoms with Gasteiger partial charge in [-0.3, -0.25) is 4.79 Å². The Bertz CT molecular complexity index is 725. The van der Waals surface area contributed by atoms with Crippen molar-refractivity contribution in [3.8, 4) is 0 Å². The van der Waals surface area contributed by atoms with Crippen molar-refractivity contribution in [1.29, 1.82) is 0 Å². The Kier molecular flexibility index (Phi) is 4.76. The normalized spacial score (nSPS) is 15.2. The lowest BCUT2D eigenvalue weighted by Gasteiger charge is -2.30. The summed E-state index contributed by atoms with van der Waals surface area (Å²) < 4.78 is 0. The van der Waals surface area contributed by atoms with Crippen LogP contribution in [0.25, 0.3) is 0 Å². The minimum atomic E-state index is -0.0534. The highest BCUT2D eigenvalue weighted by atomic mass is 32.2. The van der Waals surface area contributed by atoms with Crippen LogP contribution in [0.1, 0.15) is 29.2 Å². The summed E-state index contributed by atoms with van der Waals surface area (Å²) in [6.45, 7) is 7.82. The number of nitrogens with zero attached hydrogens (tertiary/aromatic N) is 1. The van der Waals surface area contributed by atoms with Crippen LogP contribution in [0.4, 0.5) is 0 Å². The Hall–Kier alpha value is -1.74. The molecule has 1 aliphatic rings. The molecule has 0 radical (unpaired) electrons. The van der Waals surface area contributed by atoms with Crippen LogP contribution >= 0.6 is 11.8 Å². The van der Waals surface area contributed by atoms with Crippen molar-refractivity contribution >= 4 is 17.7 Å². The first-order valence-corrected chi connectivity index (χ1v) is 9.02. The molecule has 0 aliphatic carbocycles. The summed E-state index contributed by atoms with van der Waals surface area (Å²) in [5.41, 5.74) is 5.24. The number of benzene rings is 2. The molecule has 0 unspecified atom stereocenters. The van der Waals surface area contributed by atoms with Gasteiger partial charge < -0.3 is 4.90 Å². The predicted octanol–water partition coefficient (Wildman–Crippen LogP) is 4.37. The molecule has 0 N–H and O–H groups in total. The van der Waals surface area contributed by atoms with E-state index >= 15 is 0 Å². The topological polar surface area (TPSA) is 20.3 Å². The molecule has 23 heavy (non-hydrogen) atoms. The number of hydrogen-bond donors (Lipinski definition) is 0. The number of fused-ring (bicyclic) bond motifs is 1. The Balaban J connectivity index is 1.67. The Labute approximate surface area is 142 Å². The monoisotopic (exact) mass is 325 g/mol. The number of carbonyl (C=O) groups is 1. The second-order valence-electron chi connectivity index (χ2n) is 6.28. The molecule has 0 saturated carbocycles. The average molecular weight is 325 g/mol. The van der Waals surface area contributed by atoms with Crippen molar-refractivity contribution < 1.29 is 4.79 Å². The van der Waals surface area contributed by atoms with Gasteiger partial charge in [0.15, 0.2) is 0 Å². The maximum Gasteiger partial charge on any atom is 0.236 e. The molecule has 2 aromatic carbocycles. The molecule has 120 valence electrons. The van der Waals surface area contributed by atoms with E-state index in [0.29, 0.717) is 0 Å². The van der Waals surface area contributed by atoms with Crippen molar-refractivity contribution in [2.75, 3.05) is 6.54 Å². The molecule has 2 aromatic rings. The van der Waals surface area contributed by atoms with Gasteiger partial charge in [0, 0.05) is 18.0 Å². The van der Waals surface area contributed by atoms with Gasteiger partial charge >= 0.3 is 0 Å². The fourth-order valence-electron chi connectivity index (χ4n) is 2.98. The fraction of sp³-hybridized carbons (Fsp3) is 0.350. The molecular formula is C20H23NOS. The van der Waals surface area contributed by atoms with Gasteiger partial charge in [-0.25, -0.2) is 0 Å². The minimum absolute atomic E-state index is 0.0534. The summed E-state index contributed by atoms with van der Waals surface area (Å²) in [5, 5.41) is -0.0534. The first-order chi connectivity index (χ1) is 11.0. The zero-order valence-corrected chi connectivity index (χ0v) is 14.8. The highest BCUT2D eigenvalue weighted by Gasteiger charge is 2.25. The van der Waals surface area contributed by atoms with Crippen LogP contribution in [0, 0.1) is 13.8 Å². The van der Waals surface area contributed by atoms with E-state index in [9.17, 15) is 4.79 Å². The first-order valence-electron chi connectivity index (χ1n) is 8.14. The molecule has 0 spiro atoms. The lowest BCUT2D eigenvalue weighted by molar-refractivity contribution is -0.131. The Morgan fingerprint density at radius 2 is 1.83 bits per heavy atom. The second kappa shape index (κ2) is 6.79. The fourth-order valence-corrected chi connectivity index (χ4v) is 4.03. The summed E-state index contributed by atoms with van der Waals surface area (Å²) in [6.07, 6.45) is 0.961. The largest absolute Gasteiger partial charge is 0.337 e. The van der Waals surface area contributed by atoms with Gasteiger partial charge in [0.05, 0.1) is 5.25 Å². The summed E-state index contributed by atoms with van der Waals surface area (Å²) in [7, 11) is 0. The maximum absolute atomic E-state index is 12.8. The van der Waals surface area contributed by atoms with E-state index in [1.807, 2.05) is 11.8 Å². The van der Waals surface area contributed by atoms with Crippen LogP contribution in [-0.4, -0.2) is 22.6 Å². The van der Waals surface area contributed by atoms with Crippen LogP contribution < -0.4 is 0 Å². The van der Waals surface area contributed by atoms with E-state index in [2.05, 4.69) is 56.3 Å². The van der Waals surface area contributed by atoms with Crippen molar-refractivity contribution in [1.82, 2.24) is 4.90 Å². The lowest BCUT2D eigenvalue weighted by Crippen LogP contribution is -2.40. The summed E-state index contributed by atoms with van der Waals surface area (Å²) in [6, 6.07) is 14.9. The molecule has 1 atom stereocenters. The Morgan fingerprint density at radius 1 is 1.09 bits per heavy atom. The number of aryl methyl sites for hydroxylation is 2. The van der Waals surface area contributed by atoms with E-state index in [4.69, 9.17) is 0 Å². The zero-order chi connectivity index (χ0) is 16.4. The van der Waals surface area contributed by atoms with Gasteiger partial charge in [-0.1, -0.05) is 30.3 Å². The first kappa shape index (κ1) is 16.1. The van der Waals surface area contributed by atoms with Crippen molar-refractivity contribution in [2.45, 2.75) is 43.9 Å². The molecule has 3 heteroatoms. The standard InChI is InChI=1S/C20H23NOS/c1-14-8-9-19(12-15(14)2)23-16(3)20(22)21-11-10-17-6-4-5-7-18(17)13-21/h4-9,12,16H,10-11,13H2,1-3H3/t16-/m0/s1. The summed E-state index contributed by atoms with van der Waals surface area (Å²) >= 11 is 1.66. The number of amides is 1. The Morgan fingerprint density at radius 3 is 2.57 bits per heavy atom. The van der Waals surface area contributed by atoms with Gasteiger partial charge in [-0.15, -0.1) is 11.8 Å². The third kappa shape index (κ3) is 3.61. The minimum Gasteiger partial charge on any atom is -0.337 e. The maximum atomic E-state index is 12.8. The van der Waals surface area contributed by atoms with Gasteiger partial charge in [0.25, 0.3) is 0 Å². The van der Waals surface area contributed by atoms with E-state index in [-0.39, 0.29) is 11.2 Å². The van der Waals surface area contributed by atoms with Crippen LogP contribution in [-0.2, 0) is 17.8 Å². The van der Waals surface area contributed by atoms with Crippen molar-refractivity contribution in [2.24, 2.45) is 0 Å². The predicted molar refractivity (Wildman–Crippen MR) is 96.8 cm³/mol. The number of hydrogen-bond acceptors (Lipinski definition) is 2. The molecule has 1 heterocycles. The highest BCUT2D eigenvalue weighted by Crippen LogP contribution is 2.28. The molecule has 3 rings (SSSR count). The van der Waals surface area contributed by atoms with E-state index in [1.54, 1.807) is 11.8 Å². The highest BCUT2D eigenvalue weighted by molar-refractivity contribution is 8.00. The smallest absolute Gasteiger partial charge is 0.236 e. The second-order valence-corrected chi connectivity index (χ2v) is 7.70. The number of rotatable bonds is 3. The molecule has 0 saturated heterocycles. The van der Waals surface area contributed by atoms with E-state index in [1.165, 1.54) is 27.1 Å². The molecular weight excluding hydrogens is 302 g/mol. The number of carbonyl (C=O) groups excluding carboxylic acids is 1. The third-order valence-corrected chi connectivity index (χ3v) is 5.66. The zero-order valence-electron chi connectivity index (χ0n) is 14.0. The average Bonchev–Trinajstić information content (AvgIpc) is 2.57. The molecule has 1 aliphatic heterocycles. The van der Waals surface area contributed by atoms with Crippen molar-refractivity contribution in [3.63, 3.8) is 0 Å². The van der Waals surface area contributed by atoms with Crippen LogP contribution in [0.3, 0.4) is 0 Å².